The molecule has 3 aromatic rings. The molecule has 0 atom stereocenters. The maximum absolute atomic E-state index is 6.21. The quantitative estimate of drug-likeness (QED) is 0.745. The predicted molar refractivity (Wildman–Crippen MR) is 80.3 cm³/mol. The van der Waals surface area contributed by atoms with Crippen LogP contribution in [0.5, 0.6) is 0 Å². The third-order valence-electron chi connectivity index (χ3n) is 3.79. The number of nitrogens with zero attached hydrogens (tertiary/aromatic N) is 3. The van der Waals surface area contributed by atoms with Crippen LogP contribution in [0.4, 0.5) is 0 Å². The third-order valence-corrected chi connectivity index (χ3v) is 3.79. The average Bonchev–Trinajstić information content (AvgIpc) is 3.14. The largest absolute Gasteiger partial charge is 0.381 e. The molecule has 108 valence electrons. The van der Waals surface area contributed by atoms with E-state index in [0.29, 0.717) is 30.6 Å². The van der Waals surface area contributed by atoms with Gasteiger partial charge in [0.2, 0.25) is 5.82 Å². The SMILES string of the molecule is [B]C1(c2ccc(-c3noc(-c4cc(C)[nH]n4)n3)cc2)COC1. The van der Waals surface area contributed by atoms with Gasteiger partial charge in [-0.15, -0.1) is 0 Å². The molecule has 1 saturated heterocycles. The van der Waals surface area contributed by atoms with Crippen LogP contribution in [0.2, 0.25) is 0 Å². The van der Waals surface area contributed by atoms with Gasteiger partial charge in [0.25, 0.3) is 5.89 Å². The molecular weight excluding hydrogens is 279 g/mol. The lowest BCUT2D eigenvalue weighted by Gasteiger charge is -2.39. The van der Waals surface area contributed by atoms with Gasteiger partial charge in [-0.3, -0.25) is 5.10 Å². The number of aromatic amines is 1. The fraction of sp³-hybridized carbons (Fsp3) is 0.267. The molecule has 22 heavy (non-hydrogen) atoms. The molecule has 0 unspecified atom stereocenters. The summed E-state index contributed by atoms with van der Waals surface area (Å²) < 4.78 is 10.4. The van der Waals surface area contributed by atoms with Crippen molar-refractivity contribution in [2.45, 2.75) is 12.2 Å². The Bertz CT molecular complexity index is 805. The lowest BCUT2D eigenvalue weighted by atomic mass is 9.62. The van der Waals surface area contributed by atoms with E-state index in [-0.39, 0.29) is 5.31 Å². The highest BCUT2D eigenvalue weighted by Gasteiger charge is 2.34. The lowest BCUT2D eigenvalue weighted by molar-refractivity contribution is -0.0156. The van der Waals surface area contributed by atoms with Gasteiger partial charge in [-0.1, -0.05) is 29.4 Å². The molecule has 2 aromatic heterocycles. The molecule has 6 nitrogen and oxygen atoms in total. The van der Waals surface area contributed by atoms with Crippen LogP contribution in [0.1, 0.15) is 11.3 Å². The summed E-state index contributed by atoms with van der Waals surface area (Å²) >= 11 is 0. The van der Waals surface area contributed by atoms with Gasteiger partial charge in [0.1, 0.15) is 0 Å². The molecule has 1 fully saturated rings. The highest BCUT2D eigenvalue weighted by molar-refractivity contribution is 6.16. The Kier molecular flexibility index (Phi) is 2.90. The first-order valence-corrected chi connectivity index (χ1v) is 6.98. The summed E-state index contributed by atoms with van der Waals surface area (Å²) in [5, 5.41) is 10.6. The van der Waals surface area contributed by atoms with E-state index in [0.717, 1.165) is 16.8 Å². The van der Waals surface area contributed by atoms with Crippen LogP contribution in [0.3, 0.4) is 0 Å². The Labute approximate surface area is 128 Å². The number of H-pyrrole nitrogens is 1. The second-order valence-electron chi connectivity index (χ2n) is 5.59. The number of aromatic nitrogens is 4. The maximum Gasteiger partial charge on any atom is 0.278 e. The molecule has 0 bridgehead atoms. The van der Waals surface area contributed by atoms with E-state index in [1.807, 2.05) is 37.3 Å². The van der Waals surface area contributed by atoms with E-state index >= 15 is 0 Å². The minimum atomic E-state index is -0.368. The Balaban J connectivity index is 1.61. The normalized spacial score (nSPS) is 16.4. The molecule has 1 aliphatic rings. The highest BCUT2D eigenvalue weighted by atomic mass is 16.5. The van der Waals surface area contributed by atoms with Crippen molar-refractivity contribution < 1.29 is 9.26 Å². The van der Waals surface area contributed by atoms with Gasteiger partial charge < -0.3 is 9.26 Å². The zero-order chi connectivity index (χ0) is 15.2. The van der Waals surface area contributed by atoms with Crippen molar-refractivity contribution >= 4 is 7.85 Å². The minimum absolute atomic E-state index is 0.368. The standard InChI is InChI=1S/C15H13BN4O2/c1-9-6-12(19-18-9)14-17-13(20-22-14)10-2-4-11(5-3-10)15(16)7-21-8-15/h2-6H,7-8H2,1H3,(H,18,19). The fourth-order valence-corrected chi connectivity index (χ4v) is 2.41. The van der Waals surface area contributed by atoms with E-state index in [4.69, 9.17) is 17.1 Å². The van der Waals surface area contributed by atoms with Crippen LogP contribution in [0.15, 0.2) is 34.9 Å². The highest BCUT2D eigenvalue weighted by Crippen LogP contribution is 2.30. The van der Waals surface area contributed by atoms with Crippen LogP contribution in [-0.4, -0.2) is 41.4 Å². The van der Waals surface area contributed by atoms with Gasteiger partial charge in [-0.25, -0.2) is 0 Å². The zero-order valence-electron chi connectivity index (χ0n) is 12.0. The van der Waals surface area contributed by atoms with E-state index in [1.165, 1.54) is 0 Å². The van der Waals surface area contributed by atoms with Gasteiger partial charge in [0, 0.05) is 16.6 Å². The Morgan fingerprint density at radius 3 is 2.59 bits per heavy atom. The van der Waals surface area contributed by atoms with Crippen molar-refractivity contribution in [1.82, 2.24) is 20.3 Å². The Hall–Kier alpha value is -2.41. The molecule has 4 rings (SSSR count). The van der Waals surface area contributed by atoms with Crippen molar-refractivity contribution in [3.63, 3.8) is 0 Å². The summed E-state index contributed by atoms with van der Waals surface area (Å²) in [5.74, 6) is 0.921. The van der Waals surface area contributed by atoms with Gasteiger partial charge in [0.15, 0.2) is 5.69 Å². The lowest BCUT2D eigenvalue weighted by Crippen LogP contribution is -2.47. The number of nitrogens with one attached hydrogen (secondary N) is 1. The third kappa shape index (κ3) is 2.14. The molecule has 1 aromatic carbocycles. The van der Waals surface area contributed by atoms with Crippen LogP contribution in [0, 0.1) is 6.92 Å². The van der Waals surface area contributed by atoms with Gasteiger partial charge in [-0.2, -0.15) is 10.1 Å². The van der Waals surface area contributed by atoms with Crippen LogP contribution in [-0.2, 0) is 10.1 Å². The number of hydrogen-bond donors (Lipinski definition) is 1. The first-order valence-electron chi connectivity index (χ1n) is 6.98. The second kappa shape index (κ2) is 4.81. The first-order chi connectivity index (χ1) is 10.6. The molecule has 0 aliphatic carbocycles. The molecule has 0 spiro atoms. The van der Waals surface area contributed by atoms with E-state index in [9.17, 15) is 0 Å². The van der Waals surface area contributed by atoms with E-state index in [2.05, 4.69) is 20.3 Å². The number of hydrogen-bond acceptors (Lipinski definition) is 5. The van der Waals surface area contributed by atoms with Gasteiger partial charge in [-0.05, 0) is 18.6 Å². The van der Waals surface area contributed by atoms with Crippen molar-refractivity contribution in [3.05, 3.63) is 41.6 Å². The van der Waals surface area contributed by atoms with E-state index < -0.39 is 0 Å². The average molecular weight is 292 g/mol. The van der Waals surface area contributed by atoms with Crippen molar-refractivity contribution in [1.29, 1.82) is 0 Å². The summed E-state index contributed by atoms with van der Waals surface area (Å²) in [6.45, 7) is 3.02. The smallest absolute Gasteiger partial charge is 0.278 e. The molecular formula is C15H13BN4O2. The second-order valence-corrected chi connectivity index (χ2v) is 5.59. The number of rotatable bonds is 3. The summed E-state index contributed by atoms with van der Waals surface area (Å²) in [6.07, 6.45) is 0. The van der Waals surface area contributed by atoms with E-state index in [1.54, 1.807) is 0 Å². The summed E-state index contributed by atoms with van der Waals surface area (Å²) in [4.78, 5) is 4.37. The fourth-order valence-electron chi connectivity index (χ4n) is 2.41. The molecule has 0 saturated carbocycles. The van der Waals surface area contributed by atoms with Crippen molar-refractivity contribution in [2.24, 2.45) is 0 Å². The number of ether oxygens (including phenoxy) is 1. The summed E-state index contributed by atoms with van der Waals surface area (Å²) in [7, 11) is 6.21. The summed E-state index contributed by atoms with van der Waals surface area (Å²) in [5.41, 5.74) is 3.50. The number of benzene rings is 1. The Morgan fingerprint density at radius 2 is 2.00 bits per heavy atom. The monoisotopic (exact) mass is 292 g/mol. The van der Waals surface area contributed by atoms with Crippen LogP contribution < -0.4 is 0 Å². The molecule has 1 N–H and O–H groups in total. The summed E-state index contributed by atoms with van der Waals surface area (Å²) in [6, 6.07) is 9.69. The first kappa shape index (κ1) is 13.3. The van der Waals surface area contributed by atoms with Crippen LogP contribution in [0.25, 0.3) is 23.0 Å². The predicted octanol–water partition coefficient (Wildman–Crippen LogP) is 1.83. The van der Waals surface area contributed by atoms with Gasteiger partial charge >= 0.3 is 0 Å². The topological polar surface area (TPSA) is 76.8 Å². The number of aryl methyl sites for hydroxylation is 1. The zero-order valence-corrected chi connectivity index (χ0v) is 12.0. The van der Waals surface area contributed by atoms with Crippen molar-refractivity contribution in [3.8, 4) is 23.0 Å². The molecule has 0 amide bonds. The van der Waals surface area contributed by atoms with Gasteiger partial charge in [0.05, 0.1) is 21.1 Å². The molecule has 1 aliphatic heterocycles. The molecule has 7 heteroatoms. The molecule has 3 heterocycles. The Morgan fingerprint density at radius 1 is 1.23 bits per heavy atom. The van der Waals surface area contributed by atoms with Crippen LogP contribution >= 0.6 is 0 Å². The minimum Gasteiger partial charge on any atom is -0.381 e. The van der Waals surface area contributed by atoms with Crippen molar-refractivity contribution in [2.75, 3.05) is 13.2 Å². The maximum atomic E-state index is 6.21. The molecule has 2 radical (unpaired) electrons.